The van der Waals surface area contributed by atoms with Gasteiger partial charge in [-0.15, -0.1) is 0 Å². The minimum atomic E-state index is -0.372. The Morgan fingerprint density at radius 3 is 2.28 bits per heavy atom. The summed E-state index contributed by atoms with van der Waals surface area (Å²) >= 11 is 0. The van der Waals surface area contributed by atoms with E-state index in [2.05, 4.69) is 5.32 Å². The lowest BCUT2D eigenvalue weighted by Gasteiger charge is -2.32. The zero-order valence-electron chi connectivity index (χ0n) is 17.1. The van der Waals surface area contributed by atoms with E-state index in [1.54, 1.807) is 30.3 Å². The summed E-state index contributed by atoms with van der Waals surface area (Å²) in [7, 11) is 0. The van der Waals surface area contributed by atoms with Crippen molar-refractivity contribution in [1.29, 1.82) is 0 Å². The van der Waals surface area contributed by atoms with Crippen LogP contribution in [0.15, 0.2) is 42.5 Å². The van der Waals surface area contributed by atoms with Crippen molar-refractivity contribution in [2.75, 3.05) is 6.54 Å². The van der Waals surface area contributed by atoms with Crippen molar-refractivity contribution in [2.45, 2.75) is 40.2 Å². The van der Waals surface area contributed by atoms with Gasteiger partial charge in [0.2, 0.25) is 5.91 Å². The van der Waals surface area contributed by atoms with Crippen LogP contribution in [0.3, 0.4) is 0 Å². The normalized spacial score (nSPS) is 14.7. The fraction of sp³-hybridized carbons (Fsp3) is 0.348. The molecule has 1 aliphatic rings. The quantitative estimate of drug-likeness (QED) is 0.776. The van der Waals surface area contributed by atoms with Gasteiger partial charge in [0.05, 0.1) is 17.2 Å². The van der Waals surface area contributed by atoms with E-state index in [4.69, 9.17) is 0 Å². The largest absolute Gasteiger partial charge is 0.349 e. The molecule has 6 heteroatoms. The Hall–Kier alpha value is -3.02. The molecule has 1 aliphatic heterocycles. The fourth-order valence-corrected chi connectivity index (χ4v) is 3.51. The van der Waals surface area contributed by atoms with Crippen molar-refractivity contribution in [3.63, 3.8) is 0 Å². The lowest BCUT2D eigenvalue weighted by atomic mass is 9.82. The number of aryl methyl sites for hydroxylation is 1. The lowest BCUT2D eigenvalue weighted by Crippen LogP contribution is -2.39. The van der Waals surface area contributed by atoms with Crippen molar-refractivity contribution in [2.24, 2.45) is 5.41 Å². The number of imide groups is 1. The minimum absolute atomic E-state index is 0.00176. The number of nitrogens with zero attached hydrogens (tertiary/aromatic N) is 1. The average Bonchev–Trinajstić information content (AvgIpc) is 2.88. The number of nitrogens with one attached hydrogen (secondary N) is 1. The number of hydrogen-bond donors (Lipinski definition) is 1. The number of carbonyl (C=O) groups is 3. The van der Waals surface area contributed by atoms with E-state index in [1.165, 1.54) is 12.1 Å². The Labute approximate surface area is 169 Å². The number of fused-ring (bicyclic) bond motifs is 1. The number of hydrogen-bond acceptors (Lipinski definition) is 3. The van der Waals surface area contributed by atoms with Gasteiger partial charge in [0.15, 0.2) is 0 Å². The molecular formula is C23H25FN2O3. The Bertz CT molecular complexity index is 961. The summed E-state index contributed by atoms with van der Waals surface area (Å²) in [5, 5.41) is 2.97. The van der Waals surface area contributed by atoms with Crippen LogP contribution in [0.2, 0.25) is 0 Å². The van der Waals surface area contributed by atoms with Gasteiger partial charge < -0.3 is 5.32 Å². The van der Waals surface area contributed by atoms with Gasteiger partial charge >= 0.3 is 0 Å². The van der Waals surface area contributed by atoms with Gasteiger partial charge in [0.1, 0.15) is 5.82 Å². The van der Waals surface area contributed by atoms with Crippen molar-refractivity contribution in [1.82, 2.24) is 10.2 Å². The molecule has 3 rings (SSSR count). The number of halogens is 1. The van der Waals surface area contributed by atoms with E-state index in [9.17, 15) is 18.8 Å². The molecule has 1 N–H and O–H groups in total. The molecule has 152 valence electrons. The van der Waals surface area contributed by atoms with E-state index in [-0.39, 0.29) is 48.0 Å². The van der Waals surface area contributed by atoms with E-state index in [0.29, 0.717) is 11.1 Å². The molecule has 3 amide bonds. The first kappa shape index (κ1) is 20.7. The number of amides is 3. The molecule has 0 aromatic heterocycles. The monoisotopic (exact) mass is 396 g/mol. The first-order valence-corrected chi connectivity index (χ1v) is 9.59. The zero-order chi connectivity index (χ0) is 21.3. The van der Waals surface area contributed by atoms with Crippen LogP contribution in [0, 0.1) is 18.2 Å². The number of carbonyl (C=O) groups excluding carboxylic acids is 3. The number of rotatable bonds is 5. The van der Waals surface area contributed by atoms with E-state index < -0.39 is 0 Å². The van der Waals surface area contributed by atoms with Crippen LogP contribution in [-0.2, 0) is 4.79 Å². The summed E-state index contributed by atoms with van der Waals surface area (Å²) in [6.45, 7) is 7.81. The van der Waals surface area contributed by atoms with Crippen molar-refractivity contribution < 1.29 is 18.8 Å². The van der Waals surface area contributed by atoms with Gasteiger partial charge in [0, 0.05) is 13.0 Å². The standard InChI is InChI=1S/C23H25FN2O3/c1-14-5-10-17-18(13-14)22(29)26(21(17)28)12-11-19(27)25-20(23(2,3)4)15-6-8-16(24)9-7-15/h5-10,13,20H,11-12H2,1-4H3,(H,25,27). The molecule has 2 aromatic rings. The molecular weight excluding hydrogens is 371 g/mol. The third-order valence-corrected chi connectivity index (χ3v) is 5.06. The van der Waals surface area contributed by atoms with E-state index in [1.807, 2.05) is 27.7 Å². The molecule has 1 heterocycles. The van der Waals surface area contributed by atoms with E-state index in [0.717, 1.165) is 16.0 Å². The molecule has 1 unspecified atom stereocenters. The molecule has 0 radical (unpaired) electrons. The van der Waals surface area contributed by atoms with Crippen molar-refractivity contribution >= 4 is 17.7 Å². The van der Waals surface area contributed by atoms with Crippen molar-refractivity contribution in [3.05, 3.63) is 70.5 Å². The predicted octanol–water partition coefficient (Wildman–Crippen LogP) is 4.02. The molecule has 0 saturated carbocycles. The highest BCUT2D eigenvalue weighted by Crippen LogP contribution is 2.33. The summed E-state index contributed by atoms with van der Waals surface area (Å²) in [5.74, 6) is -1.35. The van der Waals surface area contributed by atoms with Gasteiger partial charge in [0.25, 0.3) is 11.8 Å². The van der Waals surface area contributed by atoms with Crippen LogP contribution in [0.5, 0.6) is 0 Å². The maximum atomic E-state index is 13.3. The first-order valence-electron chi connectivity index (χ1n) is 9.59. The highest BCUT2D eigenvalue weighted by Gasteiger charge is 2.36. The molecule has 29 heavy (non-hydrogen) atoms. The SMILES string of the molecule is Cc1ccc2c(c1)C(=O)N(CCC(=O)NC(c1ccc(F)cc1)C(C)(C)C)C2=O. The molecule has 0 bridgehead atoms. The second kappa shape index (κ2) is 7.78. The lowest BCUT2D eigenvalue weighted by molar-refractivity contribution is -0.122. The number of benzene rings is 2. The van der Waals surface area contributed by atoms with Crippen LogP contribution in [0.1, 0.15) is 65.1 Å². The minimum Gasteiger partial charge on any atom is -0.349 e. The summed E-state index contributed by atoms with van der Waals surface area (Å²) in [5.41, 5.74) is 2.15. The molecule has 2 aromatic carbocycles. The smallest absolute Gasteiger partial charge is 0.261 e. The fourth-order valence-electron chi connectivity index (χ4n) is 3.51. The third kappa shape index (κ3) is 4.36. The maximum absolute atomic E-state index is 13.3. The Kier molecular flexibility index (Phi) is 5.55. The maximum Gasteiger partial charge on any atom is 0.261 e. The topological polar surface area (TPSA) is 66.5 Å². The first-order chi connectivity index (χ1) is 13.6. The van der Waals surface area contributed by atoms with Gasteiger partial charge in [-0.25, -0.2) is 4.39 Å². The average molecular weight is 396 g/mol. The summed E-state index contributed by atoms with van der Waals surface area (Å²) < 4.78 is 13.3. The van der Waals surface area contributed by atoms with E-state index >= 15 is 0 Å². The van der Waals surface area contributed by atoms with Crippen LogP contribution in [-0.4, -0.2) is 29.2 Å². The summed E-state index contributed by atoms with van der Waals surface area (Å²) in [4.78, 5) is 38.8. The summed E-state index contributed by atoms with van der Waals surface area (Å²) in [6.07, 6.45) is -0.00176. The van der Waals surface area contributed by atoms with Crippen molar-refractivity contribution in [3.8, 4) is 0 Å². The molecule has 5 nitrogen and oxygen atoms in total. The Morgan fingerprint density at radius 1 is 1.03 bits per heavy atom. The van der Waals surface area contributed by atoms with Crippen LogP contribution < -0.4 is 5.32 Å². The molecule has 1 atom stereocenters. The van der Waals surface area contributed by atoms with Gasteiger partial charge in [-0.05, 0) is 42.2 Å². The van der Waals surface area contributed by atoms with Gasteiger partial charge in [-0.1, -0.05) is 44.5 Å². The predicted molar refractivity (Wildman–Crippen MR) is 108 cm³/mol. The highest BCUT2D eigenvalue weighted by molar-refractivity contribution is 6.21. The molecule has 0 spiro atoms. The molecule has 0 fully saturated rings. The van der Waals surface area contributed by atoms with Gasteiger partial charge in [-0.3, -0.25) is 19.3 Å². The summed E-state index contributed by atoms with van der Waals surface area (Å²) in [6, 6.07) is 10.8. The van der Waals surface area contributed by atoms with Crippen LogP contribution in [0.4, 0.5) is 4.39 Å². The Balaban J connectivity index is 1.68. The Morgan fingerprint density at radius 2 is 1.66 bits per heavy atom. The second-order valence-corrected chi connectivity index (χ2v) is 8.48. The van der Waals surface area contributed by atoms with Crippen LogP contribution in [0.25, 0.3) is 0 Å². The van der Waals surface area contributed by atoms with Crippen LogP contribution >= 0.6 is 0 Å². The zero-order valence-corrected chi connectivity index (χ0v) is 17.1. The molecule has 0 saturated heterocycles. The second-order valence-electron chi connectivity index (χ2n) is 8.48. The molecule has 0 aliphatic carbocycles. The van der Waals surface area contributed by atoms with Gasteiger partial charge in [-0.2, -0.15) is 0 Å². The third-order valence-electron chi connectivity index (χ3n) is 5.06. The highest BCUT2D eigenvalue weighted by atomic mass is 19.1.